The first-order valence-electron chi connectivity index (χ1n) is 24.0. The molecule has 0 saturated heterocycles. The van der Waals surface area contributed by atoms with Crippen LogP contribution in [-0.2, 0) is 5.41 Å². The molecular formula is C66H48F2N2O. The molecule has 342 valence electrons. The van der Waals surface area contributed by atoms with Crippen molar-refractivity contribution < 1.29 is 13.2 Å². The van der Waals surface area contributed by atoms with E-state index >= 15 is 8.78 Å². The van der Waals surface area contributed by atoms with Crippen LogP contribution in [-0.4, -0.2) is 0 Å². The maximum Gasteiger partial charge on any atom is 0.160 e. The van der Waals surface area contributed by atoms with Crippen molar-refractivity contribution in [2.75, 3.05) is 9.80 Å². The molecule has 71 heavy (non-hydrogen) atoms. The molecule has 0 radical (unpaired) electrons. The third-order valence-corrected chi connectivity index (χ3v) is 14.2. The van der Waals surface area contributed by atoms with Gasteiger partial charge in [0.05, 0.1) is 17.1 Å². The summed E-state index contributed by atoms with van der Waals surface area (Å²) < 4.78 is 40.2. The number of para-hydroxylation sites is 2. The van der Waals surface area contributed by atoms with E-state index in [1.165, 1.54) is 17.7 Å². The van der Waals surface area contributed by atoms with Crippen LogP contribution in [0.25, 0.3) is 55.3 Å². The third kappa shape index (κ3) is 7.49. The Morgan fingerprint density at radius 1 is 0.507 bits per heavy atom. The molecule has 0 amide bonds. The molecule has 0 bridgehead atoms. The lowest BCUT2D eigenvalue weighted by Gasteiger charge is -2.29. The zero-order chi connectivity index (χ0) is 48.2. The number of furan rings is 1. The van der Waals surface area contributed by atoms with E-state index in [9.17, 15) is 0 Å². The van der Waals surface area contributed by atoms with Gasteiger partial charge in [0, 0.05) is 33.2 Å². The largest absolute Gasteiger partial charge is 0.454 e. The van der Waals surface area contributed by atoms with Gasteiger partial charge in [0.15, 0.2) is 5.58 Å². The fourth-order valence-corrected chi connectivity index (χ4v) is 10.7. The minimum atomic E-state index is -0.506. The summed E-state index contributed by atoms with van der Waals surface area (Å²) in [7, 11) is 0. The van der Waals surface area contributed by atoms with Gasteiger partial charge in [-0.2, -0.15) is 0 Å². The Bertz CT molecular complexity index is 3790. The number of anilines is 6. The second-order valence-electron chi connectivity index (χ2n) is 18.7. The van der Waals surface area contributed by atoms with E-state index in [0.29, 0.717) is 34.6 Å². The van der Waals surface area contributed by atoms with Crippen molar-refractivity contribution in [3.63, 3.8) is 0 Å². The fraction of sp³-hybridized carbons (Fsp3) is 0.0606. The molecule has 5 heteroatoms. The van der Waals surface area contributed by atoms with E-state index < -0.39 is 5.41 Å². The van der Waals surface area contributed by atoms with Gasteiger partial charge in [0.25, 0.3) is 0 Å². The molecule has 0 unspecified atom stereocenters. The first kappa shape index (κ1) is 43.5. The Labute approximate surface area is 412 Å². The van der Waals surface area contributed by atoms with E-state index in [2.05, 4.69) is 142 Å². The van der Waals surface area contributed by atoms with E-state index in [1.807, 2.05) is 94.7 Å². The lowest BCUT2D eigenvalue weighted by Crippen LogP contribution is -2.19. The standard InChI is InChI=1S/C66H48F2N2O/c1-43-19-7-4-12-26-54-62(52-25-14-13-24-51(43)52)64-55(66(54,2)3)42-60(70(59-30-18-16-28-57(59)68)49-37-33-47(34-38-49)45-22-10-6-11-23-45)65-63(64)53-41-50(39-40-61(53)71-65)69(58-29-17-15-27-56(58)67)48-35-31-46(32-36-48)44-20-8-5-9-21-44/h4-25,27-42H,1,26H2,2-3H3/b12-4-,19-7-. The van der Waals surface area contributed by atoms with Gasteiger partial charge in [0.1, 0.15) is 17.2 Å². The Hall–Kier alpha value is -8.80. The van der Waals surface area contributed by atoms with E-state index in [4.69, 9.17) is 4.42 Å². The van der Waals surface area contributed by atoms with Crippen LogP contribution in [0.15, 0.2) is 247 Å². The maximum atomic E-state index is 16.7. The summed E-state index contributed by atoms with van der Waals surface area (Å²) in [6.45, 7) is 9.15. The molecular weight excluding hydrogens is 875 g/mol. The molecule has 9 aromatic carbocycles. The molecule has 1 heterocycles. The average Bonchev–Trinajstić information content (AvgIpc) is 3.89. The molecule has 1 aromatic heterocycles. The van der Waals surface area contributed by atoms with Crippen molar-refractivity contribution in [2.45, 2.75) is 25.7 Å². The molecule has 0 aliphatic heterocycles. The summed E-state index contributed by atoms with van der Waals surface area (Å²) in [6, 6.07) is 67.7. The van der Waals surface area contributed by atoms with Crippen molar-refractivity contribution in [3.05, 3.63) is 277 Å². The summed E-state index contributed by atoms with van der Waals surface area (Å²) in [5, 5.41) is 1.73. The van der Waals surface area contributed by atoms with Crippen LogP contribution in [0.5, 0.6) is 0 Å². The van der Waals surface area contributed by atoms with Gasteiger partial charge in [-0.15, -0.1) is 0 Å². The van der Waals surface area contributed by atoms with Gasteiger partial charge in [0.2, 0.25) is 0 Å². The molecule has 0 spiro atoms. The summed E-state index contributed by atoms with van der Waals surface area (Å²) in [5.41, 5.74) is 16.4. The topological polar surface area (TPSA) is 19.6 Å². The van der Waals surface area contributed by atoms with E-state index in [0.717, 1.165) is 83.5 Å². The number of allylic oxidation sites excluding steroid dienone is 6. The molecule has 10 aromatic rings. The normalized spacial score (nSPS) is 14.7. The highest BCUT2D eigenvalue weighted by Gasteiger charge is 2.42. The van der Waals surface area contributed by atoms with Crippen LogP contribution in [0.2, 0.25) is 0 Å². The summed E-state index contributed by atoms with van der Waals surface area (Å²) in [4.78, 5) is 3.97. The van der Waals surface area contributed by atoms with Crippen molar-refractivity contribution in [3.8, 4) is 22.3 Å². The Kier molecular flexibility index (Phi) is 10.8. The fourth-order valence-electron chi connectivity index (χ4n) is 10.7. The van der Waals surface area contributed by atoms with Crippen molar-refractivity contribution in [1.29, 1.82) is 0 Å². The van der Waals surface area contributed by atoms with Crippen LogP contribution in [0.3, 0.4) is 0 Å². The van der Waals surface area contributed by atoms with E-state index in [-0.39, 0.29) is 11.6 Å². The number of hydrogen-bond donors (Lipinski definition) is 0. The molecule has 2 aliphatic rings. The quantitative estimate of drug-likeness (QED) is 0.151. The lowest BCUT2D eigenvalue weighted by atomic mass is 9.79. The van der Waals surface area contributed by atoms with Gasteiger partial charge in [-0.05, 0) is 140 Å². The lowest BCUT2D eigenvalue weighted by molar-refractivity contribution is 0.623. The first-order valence-corrected chi connectivity index (χ1v) is 24.0. The molecule has 3 nitrogen and oxygen atoms in total. The monoisotopic (exact) mass is 922 g/mol. The van der Waals surface area contributed by atoms with Gasteiger partial charge in [-0.3, -0.25) is 0 Å². The van der Waals surface area contributed by atoms with Crippen LogP contribution in [0, 0.1) is 11.6 Å². The Morgan fingerprint density at radius 3 is 1.65 bits per heavy atom. The van der Waals surface area contributed by atoms with Crippen molar-refractivity contribution in [1.82, 2.24) is 0 Å². The highest BCUT2D eigenvalue weighted by molar-refractivity contribution is 6.19. The van der Waals surface area contributed by atoms with Crippen molar-refractivity contribution >= 4 is 67.2 Å². The number of fused-ring (bicyclic) bond motifs is 8. The van der Waals surface area contributed by atoms with Crippen molar-refractivity contribution in [2.24, 2.45) is 0 Å². The van der Waals surface area contributed by atoms with E-state index in [1.54, 1.807) is 12.1 Å². The number of nitrogens with zero attached hydrogens (tertiary/aromatic N) is 2. The molecule has 0 atom stereocenters. The number of benzene rings is 9. The predicted molar refractivity (Wildman–Crippen MR) is 291 cm³/mol. The highest BCUT2D eigenvalue weighted by Crippen LogP contribution is 2.58. The molecule has 0 saturated carbocycles. The van der Waals surface area contributed by atoms with Gasteiger partial charge in [-0.25, -0.2) is 8.78 Å². The second kappa shape index (κ2) is 17.6. The third-order valence-electron chi connectivity index (χ3n) is 14.2. The zero-order valence-electron chi connectivity index (χ0n) is 39.4. The second-order valence-corrected chi connectivity index (χ2v) is 18.7. The summed E-state index contributed by atoms with van der Waals surface area (Å²) in [6.07, 6.45) is 9.15. The summed E-state index contributed by atoms with van der Waals surface area (Å²) >= 11 is 0. The van der Waals surface area contributed by atoms with Gasteiger partial charge < -0.3 is 14.2 Å². The smallest absolute Gasteiger partial charge is 0.160 e. The number of rotatable bonds is 8. The van der Waals surface area contributed by atoms with Crippen LogP contribution in [0.4, 0.5) is 42.9 Å². The minimum absolute atomic E-state index is 0.351. The molecule has 2 aliphatic carbocycles. The Morgan fingerprint density at radius 2 is 1.03 bits per heavy atom. The maximum absolute atomic E-state index is 16.7. The van der Waals surface area contributed by atoms with Gasteiger partial charge in [-0.1, -0.05) is 178 Å². The molecule has 12 rings (SSSR count). The minimum Gasteiger partial charge on any atom is -0.454 e. The zero-order valence-corrected chi connectivity index (χ0v) is 39.4. The first-order chi connectivity index (χ1) is 34.7. The van der Waals surface area contributed by atoms with Crippen LogP contribution >= 0.6 is 0 Å². The number of hydrogen-bond acceptors (Lipinski definition) is 3. The molecule has 0 N–H and O–H groups in total. The Balaban J connectivity index is 1.16. The SMILES string of the molecule is C=C1/C=C\C=C/CC2=C(c3ccccc31)c1c(cc(N(c3ccc(-c4ccccc4)cc3)c3ccccc3F)c3oc4ccc(N(c5ccc(-c6ccccc6)cc5)c5ccccc5F)cc4c13)C2(C)C. The average molecular weight is 923 g/mol. The highest BCUT2D eigenvalue weighted by atomic mass is 19.1. The molecule has 0 fully saturated rings. The predicted octanol–water partition coefficient (Wildman–Crippen LogP) is 18.8. The summed E-state index contributed by atoms with van der Waals surface area (Å²) in [5.74, 6) is -0.719. The van der Waals surface area contributed by atoms with Crippen LogP contribution in [0.1, 0.15) is 42.5 Å². The van der Waals surface area contributed by atoms with Gasteiger partial charge >= 0.3 is 0 Å². The number of halogens is 2. The van der Waals surface area contributed by atoms with Crippen LogP contribution < -0.4 is 9.80 Å².